The summed E-state index contributed by atoms with van der Waals surface area (Å²) in [5.41, 5.74) is 2.83. The van der Waals surface area contributed by atoms with Crippen LogP contribution in [0.4, 0.5) is 5.69 Å². The minimum Gasteiger partial charge on any atom is -0.314 e. The molecule has 1 amide bonds. The second kappa shape index (κ2) is 6.27. The van der Waals surface area contributed by atoms with Gasteiger partial charge in [0.25, 0.3) is 0 Å². The standard InChI is InChI=1S/C13H18N2O3S/c1-10-6-12(7-14-19(17)18)4-5-13(10)15(9-16)8-11-2-3-11/h4-6,9,11,14H,2-3,7-8H2,1H3,(H,17,18). The van der Waals surface area contributed by atoms with E-state index in [1.807, 2.05) is 25.1 Å². The third-order valence-corrected chi connectivity index (χ3v) is 3.64. The molecule has 19 heavy (non-hydrogen) atoms. The van der Waals surface area contributed by atoms with E-state index in [0.717, 1.165) is 29.8 Å². The summed E-state index contributed by atoms with van der Waals surface area (Å²) in [6, 6.07) is 5.69. The fourth-order valence-corrected chi connectivity index (χ4v) is 2.36. The summed E-state index contributed by atoms with van der Waals surface area (Å²) in [4.78, 5) is 12.9. The van der Waals surface area contributed by atoms with Crippen LogP contribution in [0.3, 0.4) is 0 Å². The SMILES string of the molecule is Cc1cc(CNS(=O)O)ccc1N(C=O)CC1CC1. The Hall–Kier alpha value is -1.24. The molecule has 5 nitrogen and oxygen atoms in total. The van der Waals surface area contributed by atoms with Crippen LogP contribution < -0.4 is 9.62 Å². The predicted molar refractivity (Wildman–Crippen MR) is 74.9 cm³/mol. The fourth-order valence-electron chi connectivity index (χ4n) is 2.07. The van der Waals surface area contributed by atoms with Crippen LogP contribution in [0.1, 0.15) is 24.0 Å². The Morgan fingerprint density at radius 1 is 1.53 bits per heavy atom. The molecule has 0 spiro atoms. The lowest BCUT2D eigenvalue weighted by atomic mass is 10.1. The molecule has 2 N–H and O–H groups in total. The van der Waals surface area contributed by atoms with Gasteiger partial charge in [0.05, 0.1) is 0 Å². The van der Waals surface area contributed by atoms with Gasteiger partial charge in [-0.05, 0) is 42.9 Å². The van der Waals surface area contributed by atoms with Gasteiger partial charge in [-0.3, -0.25) is 9.35 Å². The predicted octanol–water partition coefficient (Wildman–Crippen LogP) is 1.59. The molecule has 1 unspecified atom stereocenters. The molecule has 0 heterocycles. The maximum absolute atomic E-state index is 11.2. The molecule has 1 aromatic rings. The Labute approximate surface area is 115 Å². The molecule has 0 aliphatic heterocycles. The number of hydrogen-bond acceptors (Lipinski definition) is 2. The zero-order chi connectivity index (χ0) is 13.8. The normalized spacial score (nSPS) is 16.1. The number of hydrogen-bond donors (Lipinski definition) is 2. The van der Waals surface area contributed by atoms with Crippen LogP contribution in [0, 0.1) is 12.8 Å². The molecule has 1 fully saturated rings. The molecule has 0 saturated heterocycles. The first-order chi connectivity index (χ1) is 9.10. The smallest absolute Gasteiger partial charge is 0.232 e. The van der Waals surface area contributed by atoms with E-state index < -0.39 is 11.3 Å². The van der Waals surface area contributed by atoms with Crippen molar-refractivity contribution in [3.63, 3.8) is 0 Å². The maximum Gasteiger partial charge on any atom is 0.232 e. The Morgan fingerprint density at radius 2 is 2.26 bits per heavy atom. The van der Waals surface area contributed by atoms with Crippen molar-refractivity contribution in [1.29, 1.82) is 0 Å². The lowest BCUT2D eigenvalue weighted by Crippen LogP contribution is -2.24. The average molecular weight is 282 g/mol. The third-order valence-electron chi connectivity index (χ3n) is 3.25. The van der Waals surface area contributed by atoms with Crippen molar-refractivity contribution in [2.75, 3.05) is 11.4 Å². The molecule has 1 aliphatic carbocycles. The van der Waals surface area contributed by atoms with E-state index in [-0.39, 0.29) is 0 Å². The monoisotopic (exact) mass is 282 g/mol. The Bertz CT molecular complexity index is 489. The molecule has 1 aromatic carbocycles. The van der Waals surface area contributed by atoms with Gasteiger partial charge in [-0.2, -0.15) is 0 Å². The zero-order valence-electron chi connectivity index (χ0n) is 10.8. The first-order valence-corrected chi connectivity index (χ1v) is 7.36. The van der Waals surface area contributed by atoms with E-state index >= 15 is 0 Å². The highest BCUT2D eigenvalue weighted by molar-refractivity contribution is 7.77. The van der Waals surface area contributed by atoms with Gasteiger partial charge >= 0.3 is 0 Å². The van der Waals surface area contributed by atoms with Crippen LogP contribution in [0.15, 0.2) is 18.2 Å². The largest absolute Gasteiger partial charge is 0.314 e. The van der Waals surface area contributed by atoms with Crippen molar-refractivity contribution < 1.29 is 13.6 Å². The molecule has 0 radical (unpaired) electrons. The van der Waals surface area contributed by atoms with Gasteiger partial charge in [0.15, 0.2) is 0 Å². The summed E-state index contributed by atoms with van der Waals surface area (Å²) in [5.74, 6) is 0.641. The van der Waals surface area contributed by atoms with Crippen LogP contribution in [0.2, 0.25) is 0 Å². The average Bonchev–Trinajstić information content (AvgIpc) is 3.18. The van der Waals surface area contributed by atoms with Crippen LogP contribution >= 0.6 is 0 Å². The van der Waals surface area contributed by atoms with Crippen molar-refractivity contribution in [1.82, 2.24) is 4.72 Å². The van der Waals surface area contributed by atoms with Crippen molar-refractivity contribution in [3.8, 4) is 0 Å². The lowest BCUT2D eigenvalue weighted by molar-refractivity contribution is -0.107. The fraction of sp³-hybridized carbons (Fsp3) is 0.462. The minimum absolute atomic E-state index is 0.327. The van der Waals surface area contributed by atoms with Crippen LogP contribution in [-0.2, 0) is 22.6 Å². The van der Waals surface area contributed by atoms with E-state index in [4.69, 9.17) is 4.55 Å². The number of amides is 1. The molecule has 1 saturated carbocycles. The van der Waals surface area contributed by atoms with Gasteiger partial charge in [0, 0.05) is 18.8 Å². The number of aryl methyl sites for hydroxylation is 1. The number of carbonyl (C=O) groups is 1. The van der Waals surface area contributed by atoms with Crippen LogP contribution in [-0.4, -0.2) is 21.7 Å². The zero-order valence-corrected chi connectivity index (χ0v) is 11.7. The minimum atomic E-state index is -2.00. The molecule has 0 aromatic heterocycles. The third kappa shape index (κ3) is 4.12. The van der Waals surface area contributed by atoms with E-state index in [1.165, 1.54) is 12.8 Å². The highest BCUT2D eigenvalue weighted by atomic mass is 32.2. The number of rotatable bonds is 7. The van der Waals surface area contributed by atoms with Crippen LogP contribution in [0.25, 0.3) is 0 Å². The van der Waals surface area contributed by atoms with Gasteiger partial charge in [0.2, 0.25) is 17.7 Å². The van der Waals surface area contributed by atoms with E-state index in [1.54, 1.807) is 4.90 Å². The topological polar surface area (TPSA) is 69.6 Å². The van der Waals surface area contributed by atoms with E-state index in [9.17, 15) is 9.00 Å². The highest BCUT2D eigenvalue weighted by Crippen LogP contribution is 2.31. The van der Waals surface area contributed by atoms with Gasteiger partial charge in [-0.1, -0.05) is 12.1 Å². The first-order valence-electron chi connectivity index (χ1n) is 6.26. The second-order valence-electron chi connectivity index (χ2n) is 4.89. The highest BCUT2D eigenvalue weighted by Gasteiger charge is 2.24. The first kappa shape index (κ1) is 14.2. The molecule has 0 bridgehead atoms. The molecule has 104 valence electrons. The van der Waals surface area contributed by atoms with Crippen molar-refractivity contribution in [2.24, 2.45) is 5.92 Å². The van der Waals surface area contributed by atoms with E-state index in [0.29, 0.717) is 12.5 Å². The molecule has 2 rings (SSSR count). The number of carbonyl (C=O) groups excluding carboxylic acids is 1. The van der Waals surface area contributed by atoms with Gasteiger partial charge in [0.1, 0.15) is 0 Å². The molecule has 1 aliphatic rings. The Kier molecular flexibility index (Phi) is 4.68. The van der Waals surface area contributed by atoms with Gasteiger partial charge in [-0.15, -0.1) is 0 Å². The van der Waals surface area contributed by atoms with Crippen molar-refractivity contribution in [2.45, 2.75) is 26.3 Å². The quantitative estimate of drug-likeness (QED) is 0.589. The molecule has 1 atom stereocenters. The van der Waals surface area contributed by atoms with Crippen molar-refractivity contribution >= 4 is 23.4 Å². The Balaban J connectivity index is 2.08. The van der Waals surface area contributed by atoms with Gasteiger partial charge < -0.3 is 4.90 Å². The second-order valence-corrected chi connectivity index (χ2v) is 5.68. The molecule has 6 heteroatoms. The summed E-state index contributed by atoms with van der Waals surface area (Å²) in [7, 11) is 0. The number of benzene rings is 1. The summed E-state index contributed by atoms with van der Waals surface area (Å²) < 4.78 is 21.7. The Morgan fingerprint density at radius 3 is 2.79 bits per heavy atom. The summed E-state index contributed by atoms with van der Waals surface area (Å²) in [6.07, 6.45) is 3.28. The number of nitrogens with one attached hydrogen (secondary N) is 1. The molecular weight excluding hydrogens is 264 g/mol. The van der Waals surface area contributed by atoms with Crippen molar-refractivity contribution in [3.05, 3.63) is 29.3 Å². The van der Waals surface area contributed by atoms with E-state index in [2.05, 4.69) is 4.72 Å². The number of nitrogens with zero attached hydrogens (tertiary/aromatic N) is 1. The summed E-state index contributed by atoms with van der Waals surface area (Å²) in [5, 5.41) is 0. The molecular formula is C13H18N2O3S. The summed E-state index contributed by atoms with van der Waals surface area (Å²) >= 11 is -2.00. The lowest BCUT2D eigenvalue weighted by Gasteiger charge is -2.20. The maximum atomic E-state index is 11.2. The number of anilines is 1. The van der Waals surface area contributed by atoms with Crippen LogP contribution in [0.5, 0.6) is 0 Å². The van der Waals surface area contributed by atoms with Gasteiger partial charge in [-0.25, -0.2) is 8.93 Å². The summed E-state index contributed by atoms with van der Waals surface area (Å²) in [6.45, 7) is 3.05.